The highest BCUT2D eigenvalue weighted by Crippen LogP contribution is 2.46. The zero-order chi connectivity index (χ0) is 10.3. The Kier molecular flexibility index (Phi) is 2.14. The maximum atomic E-state index is 5.90. The molecule has 1 aromatic heterocycles. The lowest BCUT2D eigenvalue weighted by Gasteiger charge is -2.09. The molecule has 0 aromatic carbocycles. The van der Waals surface area contributed by atoms with Crippen molar-refractivity contribution >= 4 is 17.4 Å². The molecule has 2 rings (SSSR count). The molecule has 0 amide bonds. The Morgan fingerprint density at radius 3 is 2.71 bits per heavy atom. The highest BCUT2D eigenvalue weighted by molar-refractivity contribution is 6.30. The van der Waals surface area contributed by atoms with E-state index < -0.39 is 0 Å². The molecule has 0 spiro atoms. The zero-order valence-electron chi connectivity index (χ0n) is 8.63. The molecule has 0 bridgehead atoms. The Morgan fingerprint density at radius 2 is 2.14 bits per heavy atom. The summed E-state index contributed by atoms with van der Waals surface area (Å²) in [5, 5.41) is 3.91. The maximum absolute atomic E-state index is 5.90. The van der Waals surface area contributed by atoms with E-state index in [2.05, 4.69) is 29.1 Å². The fourth-order valence-electron chi connectivity index (χ4n) is 1.45. The molecule has 0 aliphatic heterocycles. The third-order valence-corrected chi connectivity index (χ3v) is 3.23. The van der Waals surface area contributed by atoms with Gasteiger partial charge in [-0.05, 0) is 18.8 Å². The van der Waals surface area contributed by atoms with Gasteiger partial charge in [-0.2, -0.15) is 0 Å². The summed E-state index contributed by atoms with van der Waals surface area (Å²) in [5.41, 5.74) is 1.32. The second-order valence-corrected chi connectivity index (χ2v) is 4.89. The van der Waals surface area contributed by atoms with Crippen LogP contribution >= 0.6 is 11.6 Å². The van der Waals surface area contributed by atoms with E-state index >= 15 is 0 Å². The third kappa shape index (κ3) is 1.69. The Bertz CT molecular complexity index is 362. The molecule has 76 valence electrons. The zero-order valence-corrected chi connectivity index (χ0v) is 9.39. The van der Waals surface area contributed by atoms with Crippen LogP contribution in [-0.2, 0) is 0 Å². The van der Waals surface area contributed by atoms with Crippen molar-refractivity contribution in [1.29, 1.82) is 0 Å². The molecule has 1 N–H and O–H groups in total. The van der Waals surface area contributed by atoms with Gasteiger partial charge in [-0.3, -0.25) is 0 Å². The van der Waals surface area contributed by atoms with E-state index in [4.69, 9.17) is 11.6 Å². The van der Waals surface area contributed by atoms with E-state index in [0.717, 1.165) is 11.4 Å². The number of nitrogens with one attached hydrogen (secondary N) is 1. The van der Waals surface area contributed by atoms with Crippen molar-refractivity contribution in [3.05, 3.63) is 17.0 Å². The molecule has 1 unspecified atom stereocenters. The molecule has 1 heterocycles. The van der Waals surface area contributed by atoms with Gasteiger partial charge >= 0.3 is 0 Å². The molecule has 1 saturated carbocycles. The van der Waals surface area contributed by atoms with Crippen molar-refractivity contribution in [3.63, 3.8) is 0 Å². The van der Waals surface area contributed by atoms with Crippen molar-refractivity contribution in [3.8, 4) is 0 Å². The third-order valence-electron chi connectivity index (χ3n) is 2.85. The summed E-state index contributed by atoms with van der Waals surface area (Å²) in [6, 6.07) is 0.521. The fraction of sp³-hybridized carbons (Fsp3) is 0.600. The highest BCUT2D eigenvalue weighted by atomic mass is 35.5. The largest absolute Gasteiger partial charge is 0.366 e. The standard InChI is InChI=1S/C10H14ClN3/c1-6-8(11)12-5-13-9(6)14-7-4-10(7,2)3/h5,7H,4H2,1-3H3,(H,12,13,14). The minimum absolute atomic E-state index is 0.393. The van der Waals surface area contributed by atoms with Crippen LogP contribution in [0.1, 0.15) is 25.8 Å². The highest BCUT2D eigenvalue weighted by Gasteiger charge is 2.46. The van der Waals surface area contributed by atoms with Crippen molar-refractivity contribution in [2.75, 3.05) is 5.32 Å². The van der Waals surface area contributed by atoms with E-state index in [0.29, 0.717) is 16.6 Å². The monoisotopic (exact) mass is 211 g/mol. The first kappa shape index (κ1) is 9.71. The quantitative estimate of drug-likeness (QED) is 0.765. The van der Waals surface area contributed by atoms with Crippen LogP contribution < -0.4 is 5.32 Å². The van der Waals surface area contributed by atoms with Crippen LogP contribution in [0.4, 0.5) is 5.82 Å². The molecule has 4 heteroatoms. The summed E-state index contributed by atoms with van der Waals surface area (Å²) < 4.78 is 0. The Hall–Kier alpha value is -0.830. The van der Waals surface area contributed by atoms with Gasteiger partial charge in [0.05, 0.1) is 0 Å². The molecule has 1 aromatic rings. The molecular weight excluding hydrogens is 198 g/mol. The topological polar surface area (TPSA) is 37.8 Å². The second-order valence-electron chi connectivity index (χ2n) is 4.53. The van der Waals surface area contributed by atoms with Gasteiger partial charge in [0.1, 0.15) is 17.3 Å². The van der Waals surface area contributed by atoms with E-state index in [1.54, 1.807) is 0 Å². The van der Waals surface area contributed by atoms with Crippen LogP contribution in [0.5, 0.6) is 0 Å². The molecule has 1 atom stereocenters. The SMILES string of the molecule is Cc1c(Cl)ncnc1NC1CC1(C)C. The average Bonchev–Trinajstić information content (AvgIpc) is 2.68. The van der Waals surface area contributed by atoms with Crippen molar-refractivity contribution in [2.24, 2.45) is 5.41 Å². The van der Waals surface area contributed by atoms with Crippen LogP contribution in [0, 0.1) is 12.3 Å². The van der Waals surface area contributed by atoms with E-state index in [-0.39, 0.29) is 0 Å². The van der Waals surface area contributed by atoms with E-state index in [1.807, 2.05) is 6.92 Å². The van der Waals surface area contributed by atoms with Gasteiger partial charge in [0.25, 0.3) is 0 Å². The summed E-state index contributed by atoms with van der Waals surface area (Å²) in [4.78, 5) is 8.10. The molecule has 1 aliphatic rings. The summed E-state index contributed by atoms with van der Waals surface area (Å²) in [7, 11) is 0. The smallest absolute Gasteiger partial charge is 0.137 e. The first-order valence-corrected chi connectivity index (χ1v) is 5.12. The van der Waals surface area contributed by atoms with E-state index in [1.165, 1.54) is 12.7 Å². The van der Waals surface area contributed by atoms with Gasteiger partial charge in [-0.1, -0.05) is 25.4 Å². The first-order valence-electron chi connectivity index (χ1n) is 4.74. The number of rotatable bonds is 2. The predicted molar refractivity (Wildman–Crippen MR) is 57.6 cm³/mol. The number of hydrogen-bond acceptors (Lipinski definition) is 3. The van der Waals surface area contributed by atoms with Gasteiger partial charge in [0, 0.05) is 11.6 Å². The van der Waals surface area contributed by atoms with Gasteiger partial charge in [-0.15, -0.1) is 0 Å². The Labute approximate surface area is 88.9 Å². The Morgan fingerprint density at radius 1 is 1.50 bits per heavy atom. The maximum Gasteiger partial charge on any atom is 0.137 e. The molecule has 1 fully saturated rings. The summed E-state index contributed by atoms with van der Waals surface area (Å²) in [5.74, 6) is 0.862. The van der Waals surface area contributed by atoms with Crippen LogP contribution in [-0.4, -0.2) is 16.0 Å². The minimum atomic E-state index is 0.393. The second kappa shape index (κ2) is 3.09. The molecule has 0 radical (unpaired) electrons. The molecule has 0 saturated heterocycles. The lowest BCUT2D eigenvalue weighted by molar-refractivity contribution is 0.629. The lowest BCUT2D eigenvalue weighted by atomic mass is 10.2. The first-order chi connectivity index (χ1) is 6.50. The van der Waals surface area contributed by atoms with Crippen LogP contribution in [0.25, 0.3) is 0 Å². The summed E-state index contributed by atoms with van der Waals surface area (Å²) in [6.45, 7) is 6.41. The van der Waals surface area contributed by atoms with Gasteiger partial charge in [-0.25, -0.2) is 9.97 Å². The molecule has 3 nitrogen and oxygen atoms in total. The lowest BCUT2D eigenvalue weighted by Crippen LogP contribution is -2.11. The molecule has 14 heavy (non-hydrogen) atoms. The average molecular weight is 212 g/mol. The van der Waals surface area contributed by atoms with Gasteiger partial charge in [0.2, 0.25) is 0 Å². The van der Waals surface area contributed by atoms with Crippen molar-refractivity contribution < 1.29 is 0 Å². The molecular formula is C10H14ClN3. The van der Waals surface area contributed by atoms with Crippen LogP contribution in [0.15, 0.2) is 6.33 Å². The fourth-order valence-corrected chi connectivity index (χ4v) is 1.59. The van der Waals surface area contributed by atoms with E-state index in [9.17, 15) is 0 Å². The van der Waals surface area contributed by atoms with Crippen LogP contribution in [0.3, 0.4) is 0 Å². The summed E-state index contributed by atoms with van der Waals surface area (Å²) >= 11 is 5.90. The number of hydrogen-bond donors (Lipinski definition) is 1. The molecule has 1 aliphatic carbocycles. The van der Waals surface area contributed by atoms with Crippen molar-refractivity contribution in [1.82, 2.24) is 9.97 Å². The number of nitrogens with zero attached hydrogens (tertiary/aromatic N) is 2. The predicted octanol–water partition coefficient (Wildman–Crippen LogP) is 2.65. The number of anilines is 1. The summed E-state index contributed by atoms with van der Waals surface area (Å²) in [6.07, 6.45) is 2.68. The minimum Gasteiger partial charge on any atom is -0.366 e. The van der Waals surface area contributed by atoms with Crippen LogP contribution in [0.2, 0.25) is 5.15 Å². The Balaban J connectivity index is 2.14. The number of halogens is 1. The number of aromatic nitrogens is 2. The normalized spacial score (nSPS) is 23.3. The van der Waals surface area contributed by atoms with Gasteiger partial charge < -0.3 is 5.32 Å². The van der Waals surface area contributed by atoms with Crippen molar-refractivity contribution in [2.45, 2.75) is 33.2 Å². The van der Waals surface area contributed by atoms with Gasteiger partial charge in [0.15, 0.2) is 0 Å².